The highest BCUT2D eigenvalue weighted by Crippen LogP contribution is 2.30. The molecule has 3 rings (SSSR count). The van der Waals surface area contributed by atoms with E-state index in [1.165, 1.54) is 29.6 Å². The van der Waals surface area contributed by atoms with Crippen LogP contribution in [0.4, 0.5) is 5.69 Å². The minimum atomic E-state index is -3.62. The lowest BCUT2D eigenvalue weighted by Gasteiger charge is -2.19. The predicted molar refractivity (Wildman–Crippen MR) is 113 cm³/mol. The van der Waals surface area contributed by atoms with Gasteiger partial charge in [-0.2, -0.15) is 4.31 Å². The minimum absolute atomic E-state index is 0.113. The molecule has 1 aliphatic heterocycles. The first-order valence-electron chi connectivity index (χ1n) is 9.65. The number of carbonyl (C=O) groups excluding carboxylic acids is 1. The number of carbonyl (C=O) groups is 1. The van der Waals surface area contributed by atoms with Crippen LogP contribution < -0.4 is 19.5 Å². The number of anilines is 1. The van der Waals surface area contributed by atoms with Gasteiger partial charge >= 0.3 is 0 Å². The SMILES string of the molecule is COc1cccc(O[C@@H](C)C(=O)Nc2cc(S(=O)(=O)N3CCCC3)ccc2OC)c1. The highest BCUT2D eigenvalue weighted by Gasteiger charge is 2.28. The van der Waals surface area contributed by atoms with E-state index in [9.17, 15) is 13.2 Å². The molecule has 162 valence electrons. The maximum Gasteiger partial charge on any atom is 0.265 e. The van der Waals surface area contributed by atoms with Crippen molar-refractivity contribution in [1.29, 1.82) is 0 Å². The van der Waals surface area contributed by atoms with Crippen LogP contribution in [0.15, 0.2) is 47.4 Å². The number of methoxy groups -OCH3 is 2. The van der Waals surface area contributed by atoms with Crippen LogP contribution in [0.25, 0.3) is 0 Å². The fourth-order valence-corrected chi connectivity index (χ4v) is 4.73. The fourth-order valence-electron chi connectivity index (χ4n) is 3.19. The van der Waals surface area contributed by atoms with Gasteiger partial charge in [0.25, 0.3) is 5.91 Å². The van der Waals surface area contributed by atoms with E-state index in [1.807, 2.05) is 0 Å². The smallest absolute Gasteiger partial charge is 0.265 e. The van der Waals surface area contributed by atoms with Crippen molar-refractivity contribution >= 4 is 21.6 Å². The van der Waals surface area contributed by atoms with E-state index in [-0.39, 0.29) is 10.6 Å². The molecular formula is C21H26N2O6S. The van der Waals surface area contributed by atoms with Gasteiger partial charge in [-0.1, -0.05) is 6.07 Å². The van der Waals surface area contributed by atoms with Crippen LogP contribution in [-0.4, -0.2) is 52.0 Å². The summed E-state index contributed by atoms with van der Waals surface area (Å²) in [6.45, 7) is 2.61. The van der Waals surface area contributed by atoms with Gasteiger partial charge in [0.15, 0.2) is 6.10 Å². The van der Waals surface area contributed by atoms with Crippen molar-refractivity contribution in [3.05, 3.63) is 42.5 Å². The van der Waals surface area contributed by atoms with Gasteiger partial charge in [0.1, 0.15) is 17.2 Å². The summed E-state index contributed by atoms with van der Waals surface area (Å²) in [4.78, 5) is 12.8. The average molecular weight is 435 g/mol. The normalized spacial score (nSPS) is 15.4. The Balaban J connectivity index is 1.77. The van der Waals surface area contributed by atoms with Gasteiger partial charge in [0, 0.05) is 19.2 Å². The average Bonchev–Trinajstić information content (AvgIpc) is 3.29. The third-order valence-electron chi connectivity index (χ3n) is 4.85. The number of amides is 1. The van der Waals surface area contributed by atoms with Crippen molar-refractivity contribution in [3.63, 3.8) is 0 Å². The summed E-state index contributed by atoms with van der Waals surface area (Å²) in [6.07, 6.45) is 0.858. The van der Waals surface area contributed by atoms with Crippen LogP contribution in [0.5, 0.6) is 17.2 Å². The lowest BCUT2D eigenvalue weighted by molar-refractivity contribution is -0.122. The molecule has 0 spiro atoms. The number of nitrogens with one attached hydrogen (secondary N) is 1. The van der Waals surface area contributed by atoms with Crippen molar-refractivity contribution < 1.29 is 27.4 Å². The Morgan fingerprint density at radius 2 is 1.73 bits per heavy atom. The highest BCUT2D eigenvalue weighted by atomic mass is 32.2. The van der Waals surface area contributed by atoms with E-state index in [4.69, 9.17) is 14.2 Å². The number of hydrogen-bond acceptors (Lipinski definition) is 6. The lowest BCUT2D eigenvalue weighted by Crippen LogP contribution is -2.31. The Bertz CT molecular complexity index is 1000. The number of ether oxygens (including phenoxy) is 3. The van der Waals surface area contributed by atoms with Gasteiger partial charge in [-0.15, -0.1) is 0 Å². The zero-order valence-electron chi connectivity index (χ0n) is 17.3. The number of hydrogen-bond donors (Lipinski definition) is 1. The molecule has 0 aromatic heterocycles. The third kappa shape index (κ3) is 4.85. The van der Waals surface area contributed by atoms with E-state index in [2.05, 4.69) is 5.32 Å². The summed E-state index contributed by atoms with van der Waals surface area (Å²) < 4.78 is 43.3. The Morgan fingerprint density at radius 1 is 1.03 bits per heavy atom. The largest absolute Gasteiger partial charge is 0.497 e. The quantitative estimate of drug-likeness (QED) is 0.687. The number of nitrogens with zero attached hydrogens (tertiary/aromatic N) is 1. The topological polar surface area (TPSA) is 94.2 Å². The van der Waals surface area contributed by atoms with Crippen LogP contribution in [0.3, 0.4) is 0 Å². The molecule has 1 atom stereocenters. The molecule has 0 saturated carbocycles. The summed E-state index contributed by atoms with van der Waals surface area (Å²) in [7, 11) is -0.617. The Morgan fingerprint density at radius 3 is 2.40 bits per heavy atom. The van der Waals surface area contributed by atoms with Crippen LogP contribution in [0, 0.1) is 0 Å². The summed E-state index contributed by atoms with van der Waals surface area (Å²) >= 11 is 0. The molecular weight excluding hydrogens is 408 g/mol. The molecule has 1 aliphatic rings. The molecule has 8 nitrogen and oxygen atoms in total. The molecule has 0 unspecified atom stereocenters. The number of sulfonamides is 1. The van der Waals surface area contributed by atoms with E-state index >= 15 is 0 Å². The summed E-state index contributed by atoms with van der Waals surface area (Å²) in [6, 6.07) is 11.4. The van der Waals surface area contributed by atoms with Gasteiger partial charge in [-0.25, -0.2) is 8.42 Å². The van der Waals surface area contributed by atoms with E-state index in [0.717, 1.165) is 12.8 Å². The van der Waals surface area contributed by atoms with Gasteiger partial charge in [-0.05, 0) is 50.1 Å². The Labute approximate surface area is 176 Å². The van der Waals surface area contributed by atoms with Crippen molar-refractivity contribution in [1.82, 2.24) is 4.31 Å². The molecule has 0 radical (unpaired) electrons. The van der Waals surface area contributed by atoms with Gasteiger partial charge in [-0.3, -0.25) is 4.79 Å². The maximum atomic E-state index is 12.8. The molecule has 2 aromatic rings. The molecule has 0 bridgehead atoms. The first-order chi connectivity index (χ1) is 14.3. The molecule has 1 saturated heterocycles. The van der Waals surface area contributed by atoms with Crippen molar-refractivity contribution in [2.24, 2.45) is 0 Å². The lowest BCUT2D eigenvalue weighted by atomic mass is 10.2. The Hall–Kier alpha value is -2.78. The van der Waals surface area contributed by atoms with Crippen LogP contribution >= 0.6 is 0 Å². The molecule has 0 aliphatic carbocycles. The second kappa shape index (κ2) is 9.36. The molecule has 1 heterocycles. The number of rotatable bonds is 8. The van der Waals surface area contributed by atoms with Crippen molar-refractivity contribution in [2.45, 2.75) is 30.8 Å². The zero-order valence-corrected chi connectivity index (χ0v) is 18.1. The van der Waals surface area contributed by atoms with Gasteiger partial charge in [0.05, 0.1) is 24.8 Å². The summed E-state index contributed by atoms with van der Waals surface area (Å²) in [5, 5.41) is 2.71. The molecule has 1 fully saturated rings. The molecule has 9 heteroatoms. The van der Waals surface area contributed by atoms with Crippen LogP contribution in [-0.2, 0) is 14.8 Å². The summed E-state index contributed by atoms with van der Waals surface area (Å²) in [5.74, 6) is 1.01. The first-order valence-corrected chi connectivity index (χ1v) is 11.1. The molecule has 1 amide bonds. The van der Waals surface area contributed by atoms with E-state index < -0.39 is 22.0 Å². The minimum Gasteiger partial charge on any atom is -0.497 e. The van der Waals surface area contributed by atoms with Crippen molar-refractivity contribution in [3.8, 4) is 17.2 Å². The fraction of sp³-hybridized carbons (Fsp3) is 0.381. The Kier molecular flexibility index (Phi) is 6.84. The van der Waals surface area contributed by atoms with Crippen molar-refractivity contribution in [2.75, 3.05) is 32.6 Å². The predicted octanol–water partition coefficient (Wildman–Crippen LogP) is 2.89. The molecule has 2 aromatic carbocycles. The van der Waals surface area contributed by atoms with Gasteiger partial charge < -0.3 is 19.5 Å². The van der Waals surface area contributed by atoms with E-state index in [0.29, 0.717) is 30.3 Å². The first kappa shape index (κ1) is 21.9. The third-order valence-corrected chi connectivity index (χ3v) is 6.75. The monoisotopic (exact) mass is 434 g/mol. The highest BCUT2D eigenvalue weighted by molar-refractivity contribution is 7.89. The second-order valence-electron chi connectivity index (χ2n) is 6.90. The van der Waals surface area contributed by atoms with Crippen LogP contribution in [0.1, 0.15) is 19.8 Å². The standard InChI is InChI=1S/C21H26N2O6S/c1-15(29-17-8-6-7-16(13-17)27-2)21(24)22-19-14-18(9-10-20(19)28-3)30(25,26)23-11-4-5-12-23/h6-10,13-15H,4-5,11-12H2,1-3H3,(H,22,24)/t15-/m0/s1. The summed E-state index contributed by atoms with van der Waals surface area (Å²) in [5.41, 5.74) is 0.267. The van der Waals surface area contributed by atoms with Crippen LogP contribution in [0.2, 0.25) is 0 Å². The molecule has 1 N–H and O–H groups in total. The van der Waals surface area contributed by atoms with Gasteiger partial charge in [0.2, 0.25) is 10.0 Å². The maximum absolute atomic E-state index is 12.8. The number of benzene rings is 2. The van der Waals surface area contributed by atoms with E-state index in [1.54, 1.807) is 38.3 Å². The molecule has 30 heavy (non-hydrogen) atoms. The second-order valence-corrected chi connectivity index (χ2v) is 8.84. The zero-order chi connectivity index (χ0) is 21.7.